The lowest BCUT2D eigenvalue weighted by Gasteiger charge is -2.41. The van der Waals surface area contributed by atoms with E-state index in [-0.39, 0.29) is 24.1 Å². The molecule has 0 aromatic rings. The third kappa shape index (κ3) is 3.43. The van der Waals surface area contributed by atoms with Crippen molar-refractivity contribution in [2.75, 3.05) is 32.8 Å². The first-order chi connectivity index (χ1) is 8.54. The number of nitrogens with zero attached hydrogens (tertiary/aromatic N) is 2. The lowest BCUT2D eigenvalue weighted by molar-refractivity contribution is -0.142. The number of hydrogen-bond acceptors (Lipinski definition) is 4. The van der Waals surface area contributed by atoms with E-state index in [1.165, 1.54) is 0 Å². The Morgan fingerprint density at radius 2 is 2.11 bits per heavy atom. The molecule has 2 N–H and O–H groups in total. The van der Waals surface area contributed by atoms with Crippen molar-refractivity contribution < 1.29 is 9.53 Å². The van der Waals surface area contributed by atoms with E-state index in [4.69, 9.17) is 10.5 Å². The Morgan fingerprint density at radius 1 is 1.50 bits per heavy atom. The molecule has 106 valence electrons. The van der Waals surface area contributed by atoms with Crippen LogP contribution in [0.25, 0.3) is 0 Å². The molecule has 1 heterocycles. The molecule has 1 aliphatic rings. The van der Waals surface area contributed by atoms with Crippen LogP contribution in [0.2, 0.25) is 0 Å². The first kappa shape index (κ1) is 15.4. The van der Waals surface area contributed by atoms with Gasteiger partial charge < -0.3 is 15.4 Å². The van der Waals surface area contributed by atoms with Crippen LogP contribution in [0.5, 0.6) is 0 Å². The number of nitrogens with two attached hydrogens (primary N) is 1. The zero-order chi connectivity index (χ0) is 13.7. The smallest absolute Gasteiger partial charge is 0.239 e. The highest BCUT2D eigenvalue weighted by Crippen LogP contribution is 2.16. The van der Waals surface area contributed by atoms with Gasteiger partial charge in [0.25, 0.3) is 0 Å². The molecule has 1 saturated heterocycles. The molecule has 1 aliphatic heterocycles. The Bertz CT molecular complexity index is 269. The van der Waals surface area contributed by atoms with E-state index in [1.54, 1.807) is 0 Å². The monoisotopic (exact) mass is 257 g/mol. The number of ether oxygens (including phenoxy) is 1. The Hall–Kier alpha value is -0.650. The Kier molecular flexibility index (Phi) is 6.05. The van der Waals surface area contributed by atoms with Crippen LogP contribution in [-0.2, 0) is 9.53 Å². The molecule has 0 spiro atoms. The molecular formula is C13H27N3O2. The SMILES string of the molecule is CCN(CC)C(=O)C(C)N1CC(CN)OCC1C. The molecule has 1 fully saturated rings. The van der Waals surface area contributed by atoms with Gasteiger partial charge in [-0.25, -0.2) is 0 Å². The van der Waals surface area contributed by atoms with Gasteiger partial charge in [0, 0.05) is 32.2 Å². The zero-order valence-electron chi connectivity index (χ0n) is 12.1. The summed E-state index contributed by atoms with van der Waals surface area (Å²) in [6.07, 6.45) is 0.0492. The highest BCUT2D eigenvalue weighted by atomic mass is 16.5. The standard InChI is InChI=1S/C13H27N3O2/c1-5-15(6-2)13(17)11(4)16-8-12(7-14)18-9-10(16)3/h10-12H,5-9,14H2,1-4H3. The molecule has 3 atom stereocenters. The summed E-state index contributed by atoms with van der Waals surface area (Å²) in [5.74, 6) is 0.199. The van der Waals surface area contributed by atoms with Crippen LogP contribution < -0.4 is 5.73 Å². The summed E-state index contributed by atoms with van der Waals surface area (Å²) >= 11 is 0. The van der Waals surface area contributed by atoms with Crippen LogP contribution in [0.4, 0.5) is 0 Å². The van der Waals surface area contributed by atoms with Gasteiger partial charge in [-0.2, -0.15) is 0 Å². The molecule has 0 aromatic carbocycles. The van der Waals surface area contributed by atoms with Gasteiger partial charge in [-0.05, 0) is 27.7 Å². The van der Waals surface area contributed by atoms with Crippen molar-refractivity contribution in [1.29, 1.82) is 0 Å². The molecule has 1 amide bonds. The van der Waals surface area contributed by atoms with E-state index >= 15 is 0 Å². The zero-order valence-corrected chi connectivity index (χ0v) is 12.1. The highest BCUT2D eigenvalue weighted by Gasteiger charge is 2.33. The maximum absolute atomic E-state index is 12.4. The fourth-order valence-electron chi connectivity index (χ4n) is 2.46. The summed E-state index contributed by atoms with van der Waals surface area (Å²) in [7, 11) is 0. The normalized spacial score (nSPS) is 26.9. The van der Waals surface area contributed by atoms with Crippen LogP contribution in [-0.4, -0.2) is 66.7 Å². The van der Waals surface area contributed by atoms with E-state index in [0.717, 1.165) is 19.6 Å². The van der Waals surface area contributed by atoms with Crippen LogP contribution >= 0.6 is 0 Å². The van der Waals surface area contributed by atoms with E-state index in [2.05, 4.69) is 11.8 Å². The van der Waals surface area contributed by atoms with Crippen molar-refractivity contribution in [2.24, 2.45) is 5.73 Å². The number of carbonyl (C=O) groups excluding carboxylic acids is 1. The molecule has 0 aliphatic carbocycles. The maximum atomic E-state index is 12.4. The first-order valence-corrected chi connectivity index (χ1v) is 6.91. The summed E-state index contributed by atoms with van der Waals surface area (Å²) in [4.78, 5) is 16.4. The van der Waals surface area contributed by atoms with Crippen LogP contribution in [0.3, 0.4) is 0 Å². The number of hydrogen-bond donors (Lipinski definition) is 1. The summed E-state index contributed by atoms with van der Waals surface area (Å²) in [5, 5.41) is 0. The molecule has 0 bridgehead atoms. The molecule has 0 radical (unpaired) electrons. The second-order valence-corrected chi connectivity index (χ2v) is 4.92. The van der Waals surface area contributed by atoms with Gasteiger partial charge in [0.2, 0.25) is 5.91 Å². The van der Waals surface area contributed by atoms with Gasteiger partial charge in [-0.1, -0.05) is 0 Å². The average molecular weight is 257 g/mol. The van der Waals surface area contributed by atoms with E-state index in [0.29, 0.717) is 13.2 Å². The largest absolute Gasteiger partial charge is 0.374 e. The number of rotatable bonds is 5. The Morgan fingerprint density at radius 3 is 2.61 bits per heavy atom. The molecule has 0 saturated carbocycles. The van der Waals surface area contributed by atoms with Gasteiger partial charge in [-0.15, -0.1) is 0 Å². The number of morpholine rings is 1. The molecule has 18 heavy (non-hydrogen) atoms. The van der Waals surface area contributed by atoms with E-state index in [1.807, 2.05) is 25.7 Å². The lowest BCUT2D eigenvalue weighted by Crippen LogP contribution is -2.58. The van der Waals surface area contributed by atoms with Crippen molar-refractivity contribution in [2.45, 2.75) is 45.9 Å². The molecule has 5 nitrogen and oxygen atoms in total. The van der Waals surface area contributed by atoms with Gasteiger partial charge in [-0.3, -0.25) is 9.69 Å². The molecule has 0 aromatic heterocycles. The van der Waals surface area contributed by atoms with E-state index in [9.17, 15) is 4.79 Å². The fraction of sp³-hybridized carbons (Fsp3) is 0.923. The summed E-state index contributed by atoms with van der Waals surface area (Å²) < 4.78 is 5.62. The van der Waals surface area contributed by atoms with Gasteiger partial charge in [0.05, 0.1) is 18.8 Å². The summed E-state index contributed by atoms with van der Waals surface area (Å²) in [6.45, 7) is 11.5. The third-order valence-corrected chi connectivity index (χ3v) is 3.75. The van der Waals surface area contributed by atoms with Gasteiger partial charge >= 0.3 is 0 Å². The number of carbonyl (C=O) groups is 1. The molecule has 5 heteroatoms. The topological polar surface area (TPSA) is 58.8 Å². The van der Waals surface area contributed by atoms with Gasteiger partial charge in [0.1, 0.15) is 0 Å². The molecule has 1 rings (SSSR count). The quantitative estimate of drug-likeness (QED) is 0.769. The van der Waals surface area contributed by atoms with Crippen LogP contribution in [0, 0.1) is 0 Å². The molecule has 3 unspecified atom stereocenters. The van der Waals surface area contributed by atoms with Crippen LogP contribution in [0.1, 0.15) is 27.7 Å². The summed E-state index contributed by atoms with van der Waals surface area (Å²) in [6, 6.07) is 0.167. The minimum absolute atomic E-state index is 0.0492. The highest BCUT2D eigenvalue weighted by molar-refractivity contribution is 5.81. The minimum atomic E-state index is -0.0992. The maximum Gasteiger partial charge on any atom is 0.239 e. The first-order valence-electron chi connectivity index (χ1n) is 6.91. The fourth-order valence-corrected chi connectivity index (χ4v) is 2.46. The van der Waals surface area contributed by atoms with Crippen molar-refractivity contribution in [1.82, 2.24) is 9.80 Å². The average Bonchev–Trinajstić information content (AvgIpc) is 2.39. The lowest BCUT2D eigenvalue weighted by atomic mass is 10.1. The van der Waals surface area contributed by atoms with Crippen molar-refractivity contribution in [3.8, 4) is 0 Å². The van der Waals surface area contributed by atoms with Crippen molar-refractivity contribution >= 4 is 5.91 Å². The van der Waals surface area contributed by atoms with Gasteiger partial charge in [0.15, 0.2) is 0 Å². The third-order valence-electron chi connectivity index (χ3n) is 3.75. The Balaban J connectivity index is 2.68. The summed E-state index contributed by atoms with van der Waals surface area (Å²) in [5.41, 5.74) is 5.65. The Labute approximate surface area is 110 Å². The second kappa shape index (κ2) is 7.07. The number of likely N-dealkylation sites (N-methyl/N-ethyl adjacent to an activating group) is 1. The van der Waals surface area contributed by atoms with E-state index < -0.39 is 0 Å². The predicted octanol–water partition coefficient (Wildman–Crippen LogP) is 0.291. The minimum Gasteiger partial charge on any atom is -0.374 e. The van der Waals surface area contributed by atoms with Crippen molar-refractivity contribution in [3.05, 3.63) is 0 Å². The molecular weight excluding hydrogens is 230 g/mol. The number of amides is 1. The second-order valence-electron chi connectivity index (χ2n) is 4.92. The van der Waals surface area contributed by atoms with Crippen molar-refractivity contribution in [3.63, 3.8) is 0 Å². The predicted molar refractivity (Wildman–Crippen MR) is 72.4 cm³/mol. The van der Waals surface area contributed by atoms with Crippen LogP contribution in [0.15, 0.2) is 0 Å².